The third-order valence-electron chi connectivity index (χ3n) is 4.99. The van der Waals surface area contributed by atoms with Gasteiger partial charge in [0.05, 0.1) is 11.8 Å². The van der Waals surface area contributed by atoms with Crippen LogP contribution in [0.1, 0.15) is 42.6 Å². The highest BCUT2D eigenvalue weighted by atomic mass is 16.5. The fourth-order valence-corrected chi connectivity index (χ4v) is 3.68. The summed E-state index contributed by atoms with van der Waals surface area (Å²) in [5, 5.41) is 0. The van der Waals surface area contributed by atoms with E-state index in [9.17, 15) is 9.59 Å². The van der Waals surface area contributed by atoms with E-state index in [4.69, 9.17) is 10.5 Å². The molecule has 0 bridgehead atoms. The molecule has 0 aliphatic carbocycles. The van der Waals surface area contributed by atoms with Crippen LogP contribution in [0.2, 0.25) is 0 Å². The number of likely N-dealkylation sites (tertiary alicyclic amines) is 1. The van der Waals surface area contributed by atoms with Crippen LogP contribution in [-0.2, 0) is 6.54 Å². The van der Waals surface area contributed by atoms with E-state index < -0.39 is 0 Å². The molecular formula is C19H28N4O3. The number of nitrogen functional groups attached to an aromatic ring is 1. The molecule has 1 aromatic rings. The number of fused-ring (bicyclic) bond motifs is 1. The van der Waals surface area contributed by atoms with E-state index >= 15 is 0 Å². The van der Waals surface area contributed by atoms with Crippen LogP contribution < -0.4 is 10.5 Å². The van der Waals surface area contributed by atoms with Crippen LogP contribution >= 0.6 is 0 Å². The van der Waals surface area contributed by atoms with Crippen molar-refractivity contribution in [2.75, 3.05) is 32.9 Å². The largest absolute Gasteiger partial charge is 0.489 e. The number of hydrogen-bond donors (Lipinski definition) is 1. The van der Waals surface area contributed by atoms with Gasteiger partial charge in [0.1, 0.15) is 5.75 Å². The maximum Gasteiger partial charge on any atom is 0.319 e. The first-order chi connectivity index (χ1) is 12.3. The SMILES string of the molecule is CC(C)Oc1cc2c(cc1N)C(=O)N(C1CCN(C(=O)N(C)C)CC1)C2. The molecule has 2 heterocycles. The molecule has 0 unspecified atom stereocenters. The van der Waals surface area contributed by atoms with Gasteiger partial charge in [0, 0.05) is 45.3 Å². The van der Waals surface area contributed by atoms with Crippen LogP contribution in [0.25, 0.3) is 0 Å². The standard InChI is InChI=1S/C19H28N4O3/c1-12(2)26-17-9-13-11-23(18(24)15(13)10-16(17)20)14-5-7-22(8-6-14)19(25)21(3)4/h9-10,12,14H,5-8,11,20H2,1-4H3. The van der Waals surface area contributed by atoms with E-state index in [-0.39, 0.29) is 24.1 Å². The van der Waals surface area contributed by atoms with E-state index in [0.717, 1.165) is 18.4 Å². The van der Waals surface area contributed by atoms with Gasteiger partial charge < -0.3 is 25.2 Å². The molecule has 7 heteroatoms. The lowest BCUT2D eigenvalue weighted by Gasteiger charge is -2.37. The summed E-state index contributed by atoms with van der Waals surface area (Å²) in [5.41, 5.74) is 8.20. The second-order valence-corrected chi connectivity index (χ2v) is 7.54. The fourth-order valence-electron chi connectivity index (χ4n) is 3.68. The Morgan fingerprint density at radius 1 is 1.27 bits per heavy atom. The monoisotopic (exact) mass is 360 g/mol. The van der Waals surface area contributed by atoms with Crippen molar-refractivity contribution in [2.24, 2.45) is 0 Å². The third kappa shape index (κ3) is 3.43. The molecule has 2 N–H and O–H groups in total. The highest BCUT2D eigenvalue weighted by molar-refractivity contribution is 6.00. The second kappa shape index (κ2) is 7.05. The first-order valence-corrected chi connectivity index (χ1v) is 9.14. The minimum absolute atomic E-state index is 0.0279. The number of ether oxygens (including phenoxy) is 1. The first kappa shape index (κ1) is 18.4. The van der Waals surface area contributed by atoms with E-state index in [1.165, 1.54) is 0 Å². The number of rotatable bonds is 3. The van der Waals surface area contributed by atoms with Gasteiger partial charge in [-0.1, -0.05) is 0 Å². The molecule has 7 nitrogen and oxygen atoms in total. The summed E-state index contributed by atoms with van der Waals surface area (Å²) in [7, 11) is 3.52. The van der Waals surface area contributed by atoms with Gasteiger partial charge in [-0.25, -0.2) is 4.79 Å². The Morgan fingerprint density at radius 2 is 1.92 bits per heavy atom. The number of benzene rings is 1. The zero-order chi connectivity index (χ0) is 19.0. The van der Waals surface area contributed by atoms with Crippen molar-refractivity contribution in [1.82, 2.24) is 14.7 Å². The molecule has 3 rings (SSSR count). The number of anilines is 1. The van der Waals surface area contributed by atoms with Crippen LogP contribution in [0.15, 0.2) is 12.1 Å². The molecule has 0 atom stereocenters. The van der Waals surface area contributed by atoms with Gasteiger partial charge in [-0.15, -0.1) is 0 Å². The number of amides is 3. The third-order valence-corrected chi connectivity index (χ3v) is 4.99. The molecule has 1 saturated heterocycles. The molecule has 0 radical (unpaired) electrons. The first-order valence-electron chi connectivity index (χ1n) is 9.14. The lowest BCUT2D eigenvalue weighted by molar-refractivity contribution is 0.0612. The molecule has 3 amide bonds. The summed E-state index contributed by atoms with van der Waals surface area (Å²) in [6.45, 7) is 5.83. The van der Waals surface area contributed by atoms with Gasteiger partial charge in [0.25, 0.3) is 5.91 Å². The van der Waals surface area contributed by atoms with Crippen LogP contribution in [0.4, 0.5) is 10.5 Å². The summed E-state index contributed by atoms with van der Waals surface area (Å²) >= 11 is 0. The van der Waals surface area contributed by atoms with Gasteiger partial charge in [-0.2, -0.15) is 0 Å². The number of carbonyl (C=O) groups is 2. The van der Waals surface area contributed by atoms with Gasteiger partial charge in [0.15, 0.2) is 0 Å². The van der Waals surface area contributed by atoms with Crippen molar-refractivity contribution in [3.8, 4) is 5.75 Å². The van der Waals surface area contributed by atoms with E-state index in [2.05, 4.69) is 0 Å². The predicted octanol–water partition coefficient (Wildman–Crippen LogP) is 2.16. The molecule has 0 aromatic heterocycles. The Hall–Kier alpha value is -2.44. The highest BCUT2D eigenvalue weighted by Gasteiger charge is 2.36. The maximum absolute atomic E-state index is 12.8. The zero-order valence-electron chi connectivity index (χ0n) is 16.0. The lowest BCUT2D eigenvalue weighted by atomic mass is 10.0. The molecule has 0 saturated carbocycles. The average Bonchev–Trinajstić information content (AvgIpc) is 2.90. The molecular weight excluding hydrogens is 332 g/mol. The Morgan fingerprint density at radius 3 is 2.50 bits per heavy atom. The second-order valence-electron chi connectivity index (χ2n) is 7.54. The molecule has 2 aliphatic heterocycles. The van der Waals surface area contributed by atoms with Gasteiger partial charge in [-0.3, -0.25) is 4.79 Å². The molecule has 0 spiro atoms. The normalized spacial score (nSPS) is 17.7. The summed E-state index contributed by atoms with van der Waals surface area (Å²) in [5.74, 6) is 0.667. The van der Waals surface area contributed by atoms with E-state index in [0.29, 0.717) is 36.6 Å². The van der Waals surface area contributed by atoms with Crippen molar-refractivity contribution >= 4 is 17.6 Å². The van der Waals surface area contributed by atoms with Gasteiger partial charge in [-0.05, 0) is 44.4 Å². The number of urea groups is 1. The van der Waals surface area contributed by atoms with Crippen LogP contribution in [0, 0.1) is 0 Å². The average molecular weight is 360 g/mol. The van der Waals surface area contributed by atoms with Crippen LogP contribution in [0.3, 0.4) is 0 Å². The van der Waals surface area contributed by atoms with Gasteiger partial charge in [0.2, 0.25) is 0 Å². The van der Waals surface area contributed by atoms with E-state index in [1.807, 2.05) is 29.7 Å². The smallest absolute Gasteiger partial charge is 0.319 e. The Kier molecular flexibility index (Phi) is 4.98. The predicted molar refractivity (Wildman–Crippen MR) is 100 cm³/mol. The topological polar surface area (TPSA) is 79.1 Å². The number of piperidine rings is 1. The number of nitrogens with zero attached hydrogens (tertiary/aromatic N) is 3. The summed E-state index contributed by atoms with van der Waals surface area (Å²) in [6.07, 6.45) is 1.62. The summed E-state index contributed by atoms with van der Waals surface area (Å²) in [4.78, 5) is 30.3. The minimum Gasteiger partial charge on any atom is -0.489 e. The molecule has 26 heavy (non-hydrogen) atoms. The molecule has 1 fully saturated rings. The van der Waals surface area contributed by atoms with Crippen LogP contribution in [0.5, 0.6) is 5.75 Å². The maximum atomic E-state index is 12.8. The minimum atomic E-state index is 0.0279. The highest BCUT2D eigenvalue weighted by Crippen LogP contribution is 2.34. The molecule has 142 valence electrons. The van der Waals surface area contributed by atoms with Crippen LogP contribution in [-0.4, -0.2) is 66.0 Å². The molecule has 2 aliphatic rings. The summed E-state index contributed by atoms with van der Waals surface area (Å²) < 4.78 is 5.75. The number of hydrogen-bond acceptors (Lipinski definition) is 4. The Labute approximate surface area is 154 Å². The van der Waals surface area contributed by atoms with Crippen molar-refractivity contribution < 1.29 is 14.3 Å². The lowest BCUT2D eigenvalue weighted by Crippen LogP contribution is -2.49. The number of nitrogens with two attached hydrogens (primary N) is 1. The quantitative estimate of drug-likeness (QED) is 0.838. The van der Waals surface area contributed by atoms with Crippen molar-refractivity contribution in [2.45, 2.75) is 45.4 Å². The van der Waals surface area contributed by atoms with Crippen molar-refractivity contribution in [3.63, 3.8) is 0 Å². The van der Waals surface area contributed by atoms with Crippen molar-refractivity contribution in [3.05, 3.63) is 23.3 Å². The Bertz CT molecular complexity index is 709. The fraction of sp³-hybridized carbons (Fsp3) is 0.579. The summed E-state index contributed by atoms with van der Waals surface area (Å²) in [6, 6.07) is 3.81. The van der Waals surface area contributed by atoms with E-state index in [1.54, 1.807) is 25.1 Å². The Balaban J connectivity index is 1.70. The molecule has 1 aromatic carbocycles. The zero-order valence-corrected chi connectivity index (χ0v) is 16.0. The van der Waals surface area contributed by atoms with Crippen molar-refractivity contribution in [1.29, 1.82) is 0 Å². The number of carbonyl (C=O) groups excluding carboxylic acids is 2. The van der Waals surface area contributed by atoms with Gasteiger partial charge >= 0.3 is 6.03 Å².